The maximum absolute atomic E-state index is 12.1. The molecule has 1 saturated heterocycles. The van der Waals surface area contributed by atoms with E-state index in [1.807, 2.05) is 29.2 Å². The van der Waals surface area contributed by atoms with Crippen molar-refractivity contribution < 1.29 is 14.3 Å². The summed E-state index contributed by atoms with van der Waals surface area (Å²) in [6, 6.07) is 12.7. The van der Waals surface area contributed by atoms with E-state index in [0.29, 0.717) is 29.5 Å². The smallest absolute Gasteiger partial charge is 0.262 e. The Balaban J connectivity index is 1.54. The summed E-state index contributed by atoms with van der Waals surface area (Å²) in [6.45, 7) is 4.31. The molecular formula is C20H21BrClN3O3. The summed E-state index contributed by atoms with van der Waals surface area (Å²) in [4.78, 5) is 27.5. The number of amides is 2. The van der Waals surface area contributed by atoms with Gasteiger partial charge in [0.1, 0.15) is 5.75 Å². The molecule has 1 aliphatic rings. The van der Waals surface area contributed by atoms with Crippen molar-refractivity contribution in [3.63, 3.8) is 0 Å². The number of anilines is 2. The normalized spacial score (nSPS) is 14.0. The van der Waals surface area contributed by atoms with Gasteiger partial charge in [0.15, 0.2) is 6.61 Å². The molecule has 8 heteroatoms. The van der Waals surface area contributed by atoms with Crippen LogP contribution in [0.25, 0.3) is 0 Å². The first-order valence-electron chi connectivity index (χ1n) is 8.90. The predicted octanol–water partition coefficient (Wildman–Crippen LogP) is 3.79. The number of carbonyl (C=O) groups excluding carboxylic acids is 2. The Bertz CT molecular complexity index is 852. The molecule has 0 radical (unpaired) electrons. The Morgan fingerprint density at radius 3 is 2.39 bits per heavy atom. The molecule has 148 valence electrons. The second-order valence-corrected chi connectivity index (χ2v) is 7.77. The molecule has 0 spiro atoms. The van der Waals surface area contributed by atoms with Crippen molar-refractivity contribution in [2.75, 3.05) is 43.0 Å². The van der Waals surface area contributed by atoms with Crippen molar-refractivity contribution in [2.24, 2.45) is 0 Å². The molecule has 1 fully saturated rings. The van der Waals surface area contributed by atoms with Gasteiger partial charge in [0.2, 0.25) is 5.91 Å². The first-order valence-corrected chi connectivity index (χ1v) is 10.1. The van der Waals surface area contributed by atoms with E-state index in [0.717, 1.165) is 23.2 Å². The molecule has 6 nitrogen and oxygen atoms in total. The van der Waals surface area contributed by atoms with Crippen LogP contribution in [-0.2, 0) is 9.59 Å². The van der Waals surface area contributed by atoms with Crippen LogP contribution in [0.4, 0.5) is 11.4 Å². The first kappa shape index (κ1) is 20.5. The number of piperazine rings is 1. The summed E-state index contributed by atoms with van der Waals surface area (Å²) in [5.74, 6) is 0.451. The summed E-state index contributed by atoms with van der Waals surface area (Å²) >= 11 is 9.78. The van der Waals surface area contributed by atoms with Gasteiger partial charge in [0, 0.05) is 43.3 Å². The zero-order valence-electron chi connectivity index (χ0n) is 15.5. The second-order valence-electron chi connectivity index (χ2n) is 6.45. The number of nitrogens with zero attached hydrogens (tertiary/aromatic N) is 2. The monoisotopic (exact) mass is 465 g/mol. The Morgan fingerprint density at radius 1 is 1.11 bits per heavy atom. The van der Waals surface area contributed by atoms with Crippen molar-refractivity contribution in [2.45, 2.75) is 6.92 Å². The average molecular weight is 467 g/mol. The second kappa shape index (κ2) is 9.30. The van der Waals surface area contributed by atoms with Gasteiger partial charge < -0.3 is 19.9 Å². The van der Waals surface area contributed by atoms with E-state index in [1.54, 1.807) is 25.1 Å². The number of rotatable bonds is 5. The maximum atomic E-state index is 12.1. The SMILES string of the molecule is CC(=O)N1CCN(c2ccc(NC(=O)COc3ccc(Br)cc3)cc2Cl)CC1. The molecule has 2 aromatic carbocycles. The van der Waals surface area contributed by atoms with Crippen LogP contribution >= 0.6 is 27.5 Å². The first-order chi connectivity index (χ1) is 13.4. The zero-order chi connectivity index (χ0) is 20.1. The molecule has 0 bridgehead atoms. The third kappa shape index (κ3) is 5.39. The third-order valence-corrected chi connectivity index (χ3v) is 5.31. The molecule has 1 heterocycles. The van der Waals surface area contributed by atoms with Crippen molar-refractivity contribution in [1.29, 1.82) is 0 Å². The summed E-state index contributed by atoms with van der Waals surface area (Å²) < 4.78 is 6.41. The molecule has 0 aliphatic carbocycles. The minimum absolute atomic E-state index is 0.0893. The lowest BCUT2D eigenvalue weighted by molar-refractivity contribution is -0.129. The van der Waals surface area contributed by atoms with E-state index in [9.17, 15) is 9.59 Å². The fourth-order valence-corrected chi connectivity index (χ4v) is 3.54. The average Bonchev–Trinajstić information content (AvgIpc) is 2.68. The van der Waals surface area contributed by atoms with Crippen LogP contribution in [0.3, 0.4) is 0 Å². The highest BCUT2D eigenvalue weighted by molar-refractivity contribution is 9.10. The highest BCUT2D eigenvalue weighted by Crippen LogP contribution is 2.29. The summed E-state index contributed by atoms with van der Waals surface area (Å²) in [5, 5.41) is 3.35. The third-order valence-electron chi connectivity index (χ3n) is 4.48. The highest BCUT2D eigenvalue weighted by atomic mass is 79.9. The van der Waals surface area contributed by atoms with Gasteiger partial charge in [-0.15, -0.1) is 0 Å². The minimum atomic E-state index is -0.262. The molecule has 28 heavy (non-hydrogen) atoms. The van der Waals surface area contributed by atoms with Gasteiger partial charge in [-0.25, -0.2) is 0 Å². The molecular weight excluding hydrogens is 446 g/mol. The van der Waals surface area contributed by atoms with Gasteiger partial charge >= 0.3 is 0 Å². The van der Waals surface area contributed by atoms with Crippen LogP contribution in [0.2, 0.25) is 5.02 Å². The number of nitrogens with one attached hydrogen (secondary N) is 1. The molecule has 3 rings (SSSR count). The van der Waals surface area contributed by atoms with Gasteiger partial charge in [-0.05, 0) is 42.5 Å². The zero-order valence-corrected chi connectivity index (χ0v) is 17.8. The minimum Gasteiger partial charge on any atom is -0.484 e. The predicted molar refractivity (Wildman–Crippen MR) is 114 cm³/mol. The molecule has 2 amide bonds. The lowest BCUT2D eigenvalue weighted by Crippen LogP contribution is -2.48. The molecule has 0 atom stereocenters. The van der Waals surface area contributed by atoms with Gasteiger partial charge in [-0.2, -0.15) is 0 Å². The fourth-order valence-electron chi connectivity index (χ4n) is 2.98. The standard InChI is InChI=1S/C20H21BrClN3O3/c1-14(26)24-8-10-25(11-9-24)19-7-4-16(12-18(19)22)23-20(27)13-28-17-5-2-15(21)3-6-17/h2-7,12H,8-11,13H2,1H3,(H,23,27). The van der Waals surface area contributed by atoms with E-state index in [1.165, 1.54) is 0 Å². The molecule has 2 aromatic rings. The van der Waals surface area contributed by atoms with Crippen LogP contribution in [-0.4, -0.2) is 49.5 Å². The van der Waals surface area contributed by atoms with Crippen LogP contribution in [0.5, 0.6) is 5.75 Å². The van der Waals surface area contributed by atoms with Crippen molar-refractivity contribution in [3.05, 3.63) is 52.0 Å². The van der Waals surface area contributed by atoms with Crippen LogP contribution in [0.15, 0.2) is 46.9 Å². The Morgan fingerprint density at radius 2 is 1.79 bits per heavy atom. The van der Waals surface area contributed by atoms with Crippen LogP contribution < -0.4 is 15.0 Å². The highest BCUT2D eigenvalue weighted by Gasteiger charge is 2.20. The number of ether oxygens (including phenoxy) is 1. The molecule has 1 N–H and O–H groups in total. The van der Waals surface area contributed by atoms with E-state index >= 15 is 0 Å². The van der Waals surface area contributed by atoms with E-state index in [-0.39, 0.29) is 18.4 Å². The van der Waals surface area contributed by atoms with Crippen molar-refractivity contribution in [1.82, 2.24) is 4.90 Å². The van der Waals surface area contributed by atoms with E-state index < -0.39 is 0 Å². The van der Waals surface area contributed by atoms with E-state index in [2.05, 4.69) is 26.1 Å². The largest absolute Gasteiger partial charge is 0.484 e. The van der Waals surface area contributed by atoms with Crippen molar-refractivity contribution in [3.8, 4) is 5.75 Å². The summed E-state index contributed by atoms with van der Waals surface area (Å²) in [7, 11) is 0. The Labute approximate surface area is 177 Å². The van der Waals surface area contributed by atoms with E-state index in [4.69, 9.17) is 16.3 Å². The topological polar surface area (TPSA) is 61.9 Å². The maximum Gasteiger partial charge on any atom is 0.262 e. The van der Waals surface area contributed by atoms with Gasteiger partial charge in [-0.1, -0.05) is 27.5 Å². The number of carbonyl (C=O) groups is 2. The number of hydrogen-bond acceptors (Lipinski definition) is 4. The lowest BCUT2D eigenvalue weighted by Gasteiger charge is -2.36. The lowest BCUT2D eigenvalue weighted by atomic mass is 10.2. The molecule has 1 aliphatic heterocycles. The quantitative estimate of drug-likeness (QED) is 0.728. The Kier molecular flexibility index (Phi) is 6.80. The van der Waals surface area contributed by atoms with Gasteiger partial charge in [0.25, 0.3) is 5.91 Å². The number of halogens is 2. The Hall–Kier alpha value is -2.25. The van der Waals surface area contributed by atoms with Crippen LogP contribution in [0, 0.1) is 0 Å². The molecule has 0 saturated carbocycles. The molecule has 0 aromatic heterocycles. The van der Waals surface area contributed by atoms with Gasteiger partial charge in [-0.3, -0.25) is 9.59 Å². The number of benzene rings is 2. The van der Waals surface area contributed by atoms with Crippen molar-refractivity contribution >= 4 is 50.7 Å². The summed E-state index contributed by atoms with van der Waals surface area (Å²) in [6.07, 6.45) is 0. The molecule has 0 unspecified atom stereocenters. The van der Waals surface area contributed by atoms with Gasteiger partial charge in [0.05, 0.1) is 10.7 Å². The fraction of sp³-hybridized carbons (Fsp3) is 0.300. The number of hydrogen-bond donors (Lipinski definition) is 1. The van der Waals surface area contributed by atoms with Crippen LogP contribution in [0.1, 0.15) is 6.92 Å². The summed E-state index contributed by atoms with van der Waals surface area (Å²) in [5.41, 5.74) is 1.51.